The van der Waals surface area contributed by atoms with Crippen LogP contribution in [0.1, 0.15) is 24.0 Å². The molecule has 1 rings (SSSR count). The van der Waals surface area contributed by atoms with Crippen molar-refractivity contribution in [1.29, 1.82) is 0 Å². The van der Waals surface area contributed by atoms with Gasteiger partial charge in [0.05, 0.1) is 0 Å². The van der Waals surface area contributed by atoms with Crippen LogP contribution in [0.25, 0.3) is 6.08 Å². The fourth-order valence-electron chi connectivity index (χ4n) is 1.20. The van der Waals surface area contributed by atoms with Crippen molar-refractivity contribution in [2.75, 3.05) is 0 Å². The van der Waals surface area contributed by atoms with Crippen molar-refractivity contribution in [3.8, 4) is 0 Å². The van der Waals surface area contributed by atoms with Crippen LogP contribution in [0.15, 0.2) is 41.9 Å². The van der Waals surface area contributed by atoms with Crippen molar-refractivity contribution in [2.45, 2.75) is 12.8 Å². The summed E-state index contributed by atoms with van der Waals surface area (Å²) in [6, 6.07) is 6.18. The summed E-state index contributed by atoms with van der Waals surface area (Å²) in [4.78, 5) is 0. The molecule has 0 amide bonds. The van der Waals surface area contributed by atoms with Gasteiger partial charge in [0.25, 0.3) is 0 Å². The highest BCUT2D eigenvalue weighted by Crippen LogP contribution is 2.29. The van der Waals surface area contributed by atoms with Crippen LogP contribution >= 0.6 is 15.9 Å². The Bertz CT molecular complexity index is 326. The molecule has 0 fully saturated rings. The van der Waals surface area contributed by atoms with Gasteiger partial charge in [0.15, 0.2) is 0 Å². The second-order valence-electron chi connectivity index (χ2n) is 2.98. The van der Waals surface area contributed by atoms with Crippen molar-refractivity contribution in [3.63, 3.8) is 0 Å². The monoisotopic (exact) mass is 236 g/mol. The molecule has 0 aliphatic heterocycles. The molecular weight excluding hydrogens is 224 g/mol. The maximum Gasteiger partial charge on any atom is 0.0285 e. The van der Waals surface area contributed by atoms with Crippen LogP contribution < -0.4 is 0 Å². The Labute approximate surface area is 88.1 Å². The molecule has 0 bridgehead atoms. The average molecular weight is 237 g/mol. The van der Waals surface area contributed by atoms with E-state index in [1.54, 1.807) is 0 Å². The summed E-state index contributed by atoms with van der Waals surface area (Å²) in [7, 11) is 0. The molecule has 13 heavy (non-hydrogen) atoms. The van der Waals surface area contributed by atoms with E-state index in [1.807, 2.05) is 24.3 Å². The molecule has 1 unspecified atom stereocenters. The van der Waals surface area contributed by atoms with Crippen LogP contribution in [-0.2, 0) is 0 Å². The maximum atomic E-state index is 3.79. The van der Waals surface area contributed by atoms with Crippen molar-refractivity contribution < 1.29 is 0 Å². The summed E-state index contributed by atoms with van der Waals surface area (Å²) in [6.07, 6.45) is 3.79. The highest BCUT2D eigenvalue weighted by Gasteiger charge is 2.07. The minimum Gasteiger partial charge on any atom is -0.102 e. The Morgan fingerprint density at radius 2 is 2.08 bits per heavy atom. The highest BCUT2D eigenvalue weighted by atomic mass is 79.9. The van der Waals surface area contributed by atoms with Crippen LogP contribution in [0.4, 0.5) is 0 Å². The van der Waals surface area contributed by atoms with E-state index in [1.165, 1.54) is 5.56 Å². The standard InChI is InChI=1S/C12H13Br/c1-4-9(3)11-8-6-7-10(5-2)12(11)13/h4-9H,1-2H2,3H3. The summed E-state index contributed by atoms with van der Waals surface area (Å²) >= 11 is 3.56. The molecule has 1 atom stereocenters. The SMILES string of the molecule is C=Cc1cccc(C(C)C=C)c1Br. The molecule has 1 aromatic rings. The zero-order valence-corrected chi connectivity index (χ0v) is 9.34. The second kappa shape index (κ2) is 4.43. The molecule has 1 aromatic carbocycles. The number of hydrogen-bond donors (Lipinski definition) is 0. The third kappa shape index (κ3) is 2.10. The van der Waals surface area contributed by atoms with Gasteiger partial charge in [0, 0.05) is 4.47 Å². The lowest BCUT2D eigenvalue weighted by atomic mass is 9.99. The van der Waals surface area contributed by atoms with Gasteiger partial charge in [-0.2, -0.15) is 0 Å². The lowest BCUT2D eigenvalue weighted by Crippen LogP contribution is -1.91. The van der Waals surface area contributed by atoms with Gasteiger partial charge in [0.2, 0.25) is 0 Å². The fraction of sp³-hybridized carbons (Fsp3) is 0.167. The Kier molecular flexibility index (Phi) is 3.49. The second-order valence-corrected chi connectivity index (χ2v) is 3.77. The van der Waals surface area contributed by atoms with Crippen LogP contribution in [0, 0.1) is 0 Å². The third-order valence-corrected chi connectivity index (χ3v) is 3.04. The van der Waals surface area contributed by atoms with Crippen molar-refractivity contribution >= 4 is 22.0 Å². The van der Waals surface area contributed by atoms with Gasteiger partial charge >= 0.3 is 0 Å². The maximum absolute atomic E-state index is 3.79. The Morgan fingerprint density at radius 1 is 1.38 bits per heavy atom. The van der Waals surface area contributed by atoms with E-state index in [0.717, 1.165) is 10.0 Å². The molecule has 0 heterocycles. The Morgan fingerprint density at radius 3 is 2.62 bits per heavy atom. The van der Waals surface area contributed by atoms with E-state index in [0.29, 0.717) is 5.92 Å². The normalized spacial score (nSPS) is 12.2. The zero-order chi connectivity index (χ0) is 9.84. The Balaban J connectivity index is 3.22. The molecular formula is C12H13Br. The minimum atomic E-state index is 0.370. The molecule has 1 heteroatoms. The van der Waals surface area contributed by atoms with E-state index in [9.17, 15) is 0 Å². The number of hydrogen-bond acceptors (Lipinski definition) is 0. The summed E-state index contributed by atoms with van der Waals surface area (Å²) in [6.45, 7) is 9.67. The first-order valence-corrected chi connectivity index (χ1v) is 5.03. The van der Waals surface area contributed by atoms with Gasteiger partial charge in [0.1, 0.15) is 0 Å². The van der Waals surface area contributed by atoms with E-state index in [4.69, 9.17) is 0 Å². The third-order valence-electron chi connectivity index (χ3n) is 2.12. The summed E-state index contributed by atoms with van der Waals surface area (Å²) < 4.78 is 1.12. The average Bonchev–Trinajstić information content (AvgIpc) is 2.17. The topological polar surface area (TPSA) is 0 Å². The number of allylic oxidation sites excluding steroid dienone is 1. The van der Waals surface area contributed by atoms with Crippen LogP contribution in [-0.4, -0.2) is 0 Å². The smallest absolute Gasteiger partial charge is 0.0285 e. The van der Waals surface area contributed by atoms with Crippen LogP contribution in [0.3, 0.4) is 0 Å². The first kappa shape index (κ1) is 10.3. The van der Waals surface area contributed by atoms with E-state index in [-0.39, 0.29) is 0 Å². The largest absolute Gasteiger partial charge is 0.102 e. The summed E-state index contributed by atoms with van der Waals surface area (Å²) in [5.74, 6) is 0.370. The molecule has 0 saturated heterocycles. The fourth-order valence-corrected chi connectivity index (χ4v) is 1.99. The first-order valence-electron chi connectivity index (χ1n) is 4.24. The van der Waals surface area contributed by atoms with Gasteiger partial charge in [-0.25, -0.2) is 0 Å². The van der Waals surface area contributed by atoms with Crippen molar-refractivity contribution in [2.24, 2.45) is 0 Å². The summed E-state index contributed by atoms with van der Waals surface area (Å²) in [5, 5.41) is 0. The summed E-state index contributed by atoms with van der Waals surface area (Å²) in [5.41, 5.74) is 2.39. The lowest BCUT2D eigenvalue weighted by molar-refractivity contribution is 0.962. The number of benzene rings is 1. The lowest BCUT2D eigenvalue weighted by Gasteiger charge is -2.10. The highest BCUT2D eigenvalue weighted by molar-refractivity contribution is 9.10. The first-order chi connectivity index (χ1) is 6.20. The predicted molar refractivity (Wildman–Crippen MR) is 62.8 cm³/mol. The van der Waals surface area contributed by atoms with E-state index < -0.39 is 0 Å². The molecule has 0 aliphatic rings. The van der Waals surface area contributed by atoms with Gasteiger partial charge in [-0.05, 0) is 33.0 Å². The van der Waals surface area contributed by atoms with Crippen molar-refractivity contribution in [3.05, 3.63) is 53.0 Å². The molecule has 68 valence electrons. The molecule has 0 aromatic heterocycles. The minimum absolute atomic E-state index is 0.370. The molecule has 0 nitrogen and oxygen atoms in total. The molecule has 0 saturated carbocycles. The van der Waals surface area contributed by atoms with E-state index in [2.05, 4.69) is 42.1 Å². The zero-order valence-electron chi connectivity index (χ0n) is 7.76. The van der Waals surface area contributed by atoms with Crippen LogP contribution in [0.2, 0.25) is 0 Å². The van der Waals surface area contributed by atoms with Gasteiger partial charge in [-0.3, -0.25) is 0 Å². The van der Waals surface area contributed by atoms with Crippen LogP contribution in [0.5, 0.6) is 0 Å². The van der Waals surface area contributed by atoms with E-state index >= 15 is 0 Å². The molecule has 0 spiro atoms. The quantitative estimate of drug-likeness (QED) is 0.684. The van der Waals surface area contributed by atoms with Gasteiger partial charge < -0.3 is 0 Å². The molecule has 0 N–H and O–H groups in total. The molecule has 0 radical (unpaired) electrons. The Hall–Kier alpha value is -0.820. The predicted octanol–water partition coefficient (Wildman–Crippen LogP) is 4.38. The number of halogens is 1. The van der Waals surface area contributed by atoms with Crippen molar-refractivity contribution in [1.82, 2.24) is 0 Å². The van der Waals surface area contributed by atoms with Gasteiger partial charge in [-0.15, -0.1) is 6.58 Å². The number of rotatable bonds is 3. The van der Waals surface area contributed by atoms with Gasteiger partial charge in [-0.1, -0.05) is 43.9 Å². The molecule has 0 aliphatic carbocycles.